The van der Waals surface area contributed by atoms with E-state index >= 15 is 0 Å². The molecule has 20 heavy (non-hydrogen) atoms. The molecule has 2 aliphatic rings. The first-order valence-corrected chi connectivity index (χ1v) is 8.28. The Labute approximate surface area is 126 Å². The van der Waals surface area contributed by atoms with E-state index in [1.54, 1.807) is 0 Å². The Bertz CT molecular complexity index is 464. The zero-order valence-electron chi connectivity index (χ0n) is 12.3. The van der Waals surface area contributed by atoms with Crippen molar-refractivity contribution in [3.8, 4) is 5.75 Å². The summed E-state index contributed by atoms with van der Waals surface area (Å²) in [5.74, 6) is 1.66. The minimum absolute atomic E-state index is 0.401. The third-order valence-corrected chi connectivity index (χ3v) is 4.87. The standard InChI is InChI=1S/C17H24ClNO/c1-12-9-14(16-7-2-3-8-19-16)17(15(18)10-12)20-11-13-5-4-6-13/h9-10,13,16,19H,2-8,11H2,1H3. The van der Waals surface area contributed by atoms with Crippen molar-refractivity contribution >= 4 is 11.6 Å². The van der Waals surface area contributed by atoms with Gasteiger partial charge >= 0.3 is 0 Å². The van der Waals surface area contributed by atoms with Gasteiger partial charge in [0.2, 0.25) is 0 Å². The average molecular weight is 294 g/mol. The van der Waals surface area contributed by atoms with Crippen LogP contribution >= 0.6 is 11.6 Å². The number of ether oxygens (including phenoxy) is 1. The number of hydrogen-bond donors (Lipinski definition) is 1. The van der Waals surface area contributed by atoms with E-state index in [1.807, 2.05) is 6.07 Å². The lowest BCUT2D eigenvalue weighted by Gasteiger charge is -2.29. The van der Waals surface area contributed by atoms with Gasteiger partial charge in [-0.25, -0.2) is 0 Å². The van der Waals surface area contributed by atoms with Crippen molar-refractivity contribution in [3.63, 3.8) is 0 Å². The minimum atomic E-state index is 0.401. The topological polar surface area (TPSA) is 21.3 Å². The Morgan fingerprint density at radius 1 is 1.20 bits per heavy atom. The fraction of sp³-hybridized carbons (Fsp3) is 0.647. The van der Waals surface area contributed by atoms with Gasteiger partial charge in [-0.05, 0) is 56.7 Å². The van der Waals surface area contributed by atoms with E-state index in [2.05, 4.69) is 18.3 Å². The summed E-state index contributed by atoms with van der Waals surface area (Å²) in [6.45, 7) is 4.02. The fourth-order valence-corrected chi connectivity index (χ4v) is 3.48. The molecule has 1 N–H and O–H groups in total. The van der Waals surface area contributed by atoms with Crippen LogP contribution in [0.4, 0.5) is 0 Å². The fourth-order valence-electron chi connectivity index (χ4n) is 3.14. The number of rotatable bonds is 4. The highest BCUT2D eigenvalue weighted by atomic mass is 35.5. The van der Waals surface area contributed by atoms with E-state index in [1.165, 1.54) is 49.7 Å². The highest BCUT2D eigenvalue weighted by molar-refractivity contribution is 6.32. The quantitative estimate of drug-likeness (QED) is 0.873. The van der Waals surface area contributed by atoms with Crippen LogP contribution in [-0.4, -0.2) is 13.2 Å². The second-order valence-electron chi connectivity index (χ2n) is 6.28. The molecule has 1 saturated carbocycles. The number of benzene rings is 1. The van der Waals surface area contributed by atoms with Gasteiger partial charge in [-0.1, -0.05) is 30.5 Å². The van der Waals surface area contributed by atoms with Gasteiger partial charge in [0.15, 0.2) is 0 Å². The van der Waals surface area contributed by atoms with E-state index in [4.69, 9.17) is 16.3 Å². The Kier molecular flexibility index (Phi) is 4.52. The van der Waals surface area contributed by atoms with Crippen molar-refractivity contribution in [2.24, 2.45) is 5.92 Å². The maximum atomic E-state index is 6.45. The van der Waals surface area contributed by atoms with Gasteiger partial charge in [-0.15, -0.1) is 0 Å². The maximum Gasteiger partial charge on any atom is 0.142 e. The first-order valence-electron chi connectivity index (χ1n) is 7.90. The van der Waals surface area contributed by atoms with E-state index in [9.17, 15) is 0 Å². The molecule has 0 amide bonds. The summed E-state index contributed by atoms with van der Waals surface area (Å²) in [5, 5.41) is 4.38. The molecular weight excluding hydrogens is 270 g/mol. The molecule has 0 aromatic heterocycles. The molecule has 1 aliphatic heterocycles. The number of halogens is 1. The van der Waals surface area contributed by atoms with Gasteiger partial charge in [0, 0.05) is 11.6 Å². The van der Waals surface area contributed by atoms with E-state index in [0.717, 1.165) is 29.8 Å². The van der Waals surface area contributed by atoms with Gasteiger partial charge < -0.3 is 10.1 Å². The van der Waals surface area contributed by atoms with Crippen molar-refractivity contribution in [2.45, 2.75) is 51.5 Å². The monoisotopic (exact) mass is 293 g/mol. The van der Waals surface area contributed by atoms with E-state index < -0.39 is 0 Å². The maximum absolute atomic E-state index is 6.45. The van der Waals surface area contributed by atoms with Crippen LogP contribution in [0, 0.1) is 12.8 Å². The van der Waals surface area contributed by atoms with Crippen LogP contribution < -0.4 is 10.1 Å². The molecular formula is C17H24ClNO. The van der Waals surface area contributed by atoms with Gasteiger partial charge in [-0.2, -0.15) is 0 Å². The Morgan fingerprint density at radius 2 is 2.05 bits per heavy atom. The molecule has 1 atom stereocenters. The molecule has 110 valence electrons. The van der Waals surface area contributed by atoms with Crippen LogP contribution in [0.5, 0.6) is 5.75 Å². The lowest BCUT2D eigenvalue weighted by Crippen LogP contribution is -2.28. The highest BCUT2D eigenvalue weighted by Crippen LogP contribution is 2.38. The largest absolute Gasteiger partial charge is 0.491 e. The van der Waals surface area contributed by atoms with Crippen LogP contribution in [0.25, 0.3) is 0 Å². The first-order chi connectivity index (χ1) is 9.74. The molecule has 1 aromatic rings. The molecule has 1 saturated heterocycles. The molecule has 1 aromatic carbocycles. The van der Waals surface area contributed by atoms with Crippen LogP contribution in [0.15, 0.2) is 12.1 Å². The third-order valence-electron chi connectivity index (χ3n) is 4.59. The number of hydrogen-bond acceptors (Lipinski definition) is 2. The predicted octanol–water partition coefficient (Wildman–Crippen LogP) is 4.64. The van der Waals surface area contributed by atoms with Gasteiger partial charge in [0.05, 0.1) is 11.6 Å². The molecule has 1 heterocycles. The molecule has 0 bridgehead atoms. The molecule has 3 rings (SSSR count). The van der Waals surface area contributed by atoms with Crippen molar-refractivity contribution in [2.75, 3.05) is 13.2 Å². The molecule has 2 nitrogen and oxygen atoms in total. The Balaban J connectivity index is 1.80. The van der Waals surface area contributed by atoms with Crippen LogP contribution in [0.2, 0.25) is 5.02 Å². The van der Waals surface area contributed by atoms with Crippen LogP contribution in [0.1, 0.15) is 55.7 Å². The lowest BCUT2D eigenvalue weighted by atomic mass is 9.86. The molecule has 1 aliphatic carbocycles. The SMILES string of the molecule is Cc1cc(Cl)c(OCC2CCC2)c(C2CCCCN2)c1. The van der Waals surface area contributed by atoms with Crippen molar-refractivity contribution < 1.29 is 4.74 Å². The van der Waals surface area contributed by atoms with Gasteiger partial charge in [0.1, 0.15) is 5.75 Å². The van der Waals surface area contributed by atoms with Gasteiger partial charge in [0.25, 0.3) is 0 Å². The average Bonchev–Trinajstić information content (AvgIpc) is 2.40. The van der Waals surface area contributed by atoms with E-state index in [0.29, 0.717) is 6.04 Å². The lowest BCUT2D eigenvalue weighted by molar-refractivity contribution is 0.178. The summed E-state index contributed by atoms with van der Waals surface area (Å²) >= 11 is 6.45. The molecule has 0 spiro atoms. The van der Waals surface area contributed by atoms with Crippen molar-refractivity contribution in [3.05, 3.63) is 28.3 Å². The van der Waals surface area contributed by atoms with Gasteiger partial charge in [-0.3, -0.25) is 0 Å². The minimum Gasteiger partial charge on any atom is -0.491 e. The van der Waals surface area contributed by atoms with Crippen molar-refractivity contribution in [1.82, 2.24) is 5.32 Å². The summed E-state index contributed by atoms with van der Waals surface area (Å²) in [6.07, 6.45) is 7.70. The summed E-state index contributed by atoms with van der Waals surface area (Å²) in [7, 11) is 0. The number of aryl methyl sites for hydroxylation is 1. The summed E-state index contributed by atoms with van der Waals surface area (Å²) in [4.78, 5) is 0. The zero-order valence-corrected chi connectivity index (χ0v) is 13.0. The van der Waals surface area contributed by atoms with E-state index in [-0.39, 0.29) is 0 Å². The molecule has 1 unspecified atom stereocenters. The first kappa shape index (κ1) is 14.2. The van der Waals surface area contributed by atoms with Crippen molar-refractivity contribution in [1.29, 1.82) is 0 Å². The summed E-state index contributed by atoms with van der Waals surface area (Å²) < 4.78 is 6.11. The summed E-state index contributed by atoms with van der Waals surface area (Å²) in [5.41, 5.74) is 2.47. The predicted molar refractivity (Wildman–Crippen MR) is 83.6 cm³/mol. The number of nitrogens with one attached hydrogen (secondary N) is 1. The molecule has 3 heteroatoms. The third kappa shape index (κ3) is 3.12. The summed E-state index contributed by atoms with van der Waals surface area (Å²) in [6, 6.07) is 4.66. The van der Waals surface area contributed by atoms with Crippen LogP contribution in [0.3, 0.4) is 0 Å². The zero-order chi connectivity index (χ0) is 13.9. The number of piperidine rings is 1. The normalized spacial score (nSPS) is 23.4. The second kappa shape index (κ2) is 6.36. The second-order valence-corrected chi connectivity index (χ2v) is 6.68. The molecule has 0 radical (unpaired) electrons. The Morgan fingerprint density at radius 3 is 2.70 bits per heavy atom. The molecule has 2 fully saturated rings. The van der Waals surface area contributed by atoms with Crippen LogP contribution in [-0.2, 0) is 0 Å². The highest BCUT2D eigenvalue weighted by Gasteiger charge is 2.23. The Hall–Kier alpha value is -0.730. The smallest absolute Gasteiger partial charge is 0.142 e.